The normalized spacial score (nSPS) is 10.1. The van der Waals surface area contributed by atoms with E-state index in [-0.39, 0.29) is 5.91 Å². The predicted molar refractivity (Wildman–Crippen MR) is 53.1 cm³/mol. The molecule has 0 aliphatic rings. The van der Waals surface area contributed by atoms with Gasteiger partial charge >= 0.3 is 0 Å². The van der Waals surface area contributed by atoms with Crippen molar-refractivity contribution in [3.63, 3.8) is 0 Å². The molecule has 0 aliphatic carbocycles. The summed E-state index contributed by atoms with van der Waals surface area (Å²) in [6.45, 7) is 2.49. The van der Waals surface area contributed by atoms with Gasteiger partial charge in [0.2, 0.25) is 5.91 Å². The molecular weight excluding hydrogens is 182 g/mol. The molecule has 0 aliphatic heterocycles. The Hall–Kier alpha value is -1.36. The number of nitrogens with zero attached hydrogens (tertiary/aromatic N) is 1. The van der Waals surface area contributed by atoms with Crippen LogP contribution in [-0.4, -0.2) is 29.8 Å². The van der Waals surface area contributed by atoms with Gasteiger partial charge in [-0.1, -0.05) is 0 Å². The summed E-state index contributed by atoms with van der Waals surface area (Å²) in [6.07, 6.45) is 2.87. The average molecular weight is 197 g/mol. The van der Waals surface area contributed by atoms with Gasteiger partial charge in [-0.3, -0.25) is 9.89 Å². The van der Waals surface area contributed by atoms with Crippen molar-refractivity contribution in [2.45, 2.75) is 19.8 Å². The molecule has 0 saturated heterocycles. The number of H-pyrrole nitrogens is 1. The van der Waals surface area contributed by atoms with E-state index in [4.69, 9.17) is 4.74 Å². The minimum Gasteiger partial charge on any atom is -0.385 e. The molecule has 1 aromatic heterocycles. The van der Waals surface area contributed by atoms with E-state index in [1.165, 1.54) is 0 Å². The number of hydrogen-bond acceptors (Lipinski definition) is 3. The van der Waals surface area contributed by atoms with E-state index >= 15 is 0 Å². The van der Waals surface area contributed by atoms with Crippen molar-refractivity contribution in [3.8, 4) is 0 Å². The fraction of sp³-hybridized carbons (Fsp3) is 0.556. The number of aryl methyl sites for hydroxylation is 1. The van der Waals surface area contributed by atoms with Gasteiger partial charge in [0.1, 0.15) is 5.82 Å². The smallest absolute Gasteiger partial charge is 0.225 e. The van der Waals surface area contributed by atoms with Crippen molar-refractivity contribution in [1.29, 1.82) is 0 Å². The number of nitrogens with one attached hydrogen (secondary N) is 2. The second-order valence-electron chi connectivity index (χ2n) is 3.07. The maximum absolute atomic E-state index is 11.3. The van der Waals surface area contributed by atoms with E-state index in [1.807, 2.05) is 6.92 Å². The standard InChI is InChI=1S/C9H15N3O2/c1-7-6-10-12-9(7)11-8(13)4-3-5-14-2/h6H,3-5H2,1-2H3,(H2,10,11,12,13). The topological polar surface area (TPSA) is 67.0 Å². The molecule has 0 bridgehead atoms. The van der Waals surface area contributed by atoms with Gasteiger partial charge < -0.3 is 10.1 Å². The molecule has 0 unspecified atom stereocenters. The third-order valence-corrected chi connectivity index (χ3v) is 1.85. The lowest BCUT2D eigenvalue weighted by Gasteiger charge is -2.02. The fourth-order valence-corrected chi connectivity index (χ4v) is 1.05. The molecule has 2 N–H and O–H groups in total. The van der Waals surface area contributed by atoms with Crippen LogP contribution in [-0.2, 0) is 9.53 Å². The lowest BCUT2D eigenvalue weighted by molar-refractivity contribution is -0.116. The molecule has 0 spiro atoms. The van der Waals surface area contributed by atoms with Crippen LogP contribution >= 0.6 is 0 Å². The lowest BCUT2D eigenvalue weighted by Crippen LogP contribution is -2.13. The Morgan fingerprint density at radius 2 is 2.50 bits per heavy atom. The monoisotopic (exact) mass is 197 g/mol. The van der Waals surface area contributed by atoms with Gasteiger partial charge in [-0.25, -0.2) is 0 Å². The summed E-state index contributed by atoms with van der Waals surface area (Å²) in [5.41, 5.74) is 0.935. The number of aromatic nitrogens is 2. The Kier molecular flexibility index (Phi) is 4.12. The summed E-state index contributed by atoms with van der Waals surface area (Å²) in [4.78, 5) is 11.3. The highest BCUT2D eigenvalue weighted by atomic mass is 16.5. The van der Waals surface area contributed by atoms with Gasteiger partial charge in [-0.2, -0.15) is 5.10 Å². The average Bonchev–Trinajstić information content (AvgIpc) is 2.52. The molecule has 5 heteroatoms. The molecular formula is C9H15N3O2. The van der Waals surface area contributed by atoms with Crippen LogP contribution in [0.15, 0.2) is 6.20 Å². The van der Waals surface area contributed by atoms with E-state index in [0.717, 1.165) is 12.0 Å². The van der Waals surface area contributed by atoms with Gasteiger partial charge in [0, 0.05) is 25.7 Å². The van der Waals surface area contributed by atoms with Gasteiger partial charge in [0.05, 0.1) is 6.20 Å². The quantitative estimate of drug-likeness (QED) is 0.694. The number of carbonyl (C=O) groups excluding carboxylic acids is 1. The highest BCUT2D eigenvalue weighted by molar-refractivity contribution is 5.90. The van der Waals surface area contributed by atoms with E-state index in [1.54, 1.807) is 13.3 Å². The van der Waals surface area contributed by atoms with Crippen LogP contribution in [0.5, 0.6) is 0 Å². The van der Waals surface area contributed by atoms with Crippen molar-refractivity contribution in [2.75, 3.05) is 19.0 Å². The Balaban J connectivity index is 2.31. The van der Waals surface area contributed by atoms with Crippen LogP contribution in [0.3, 0.4) is 0 Å². The number of amides is 1. The molecule has 78 valence electrons. The number of rotatable bonds is 5. The number of aromatic amines is 1. The highest BCUT2D eigenvalue weighted by Gasteiger charge is 2.05. The van der Waals surface area contributed by atoms with Crippen molar-refractivity contribution in [1.82, 2.24) is 10.2 Å². The van der Waals surface area contributed by atoms with Gasteiger partial charge in [-0.05, 0) is 13.3 Å². The molecule has 0 fully saturated rings. The molecule has 0 saturated carbocycles. The van der Waals surface area contributed by atoms with Crippen LogP contribution < -0.4 is 5.32 Å². The number of ether oxygens (including phenoxy) is 1. The zero-order valence-corrected chi connectivity index (χ0v) is 8.46. The first-order valence-corrected chi connectivity index (χ1v) is 4.53. The number of hydrogen-bond donors (Lipinski definition) is 2. The zero-order valence-electron chi connectivity index (χ0n) is 8.46. The SMILES string of the molecule is COCCCC(=O)Nc1[nH]ncc1C. The van der Waals surface area contributed by atoms with E-state index in [9.17, 15) is 4.79 Å². The molecule has 0 radical (unpaired) electrons. The third-order valence-electron chi connectivity index (χ3n) is 1.85. The fourth-order valence-electron chi connectivity index (χ4n) is 1.05. The Labute approximate surface area is 82.8 Å². The first kappa shape index (κ1) is 10.7. The minimum atomic E-state index is -0.0191. The minimum absolute atomic E-state index is 0.0191. The largest absolute Gasteiger partial charge is 0.385 e. The van der Waals surface area contributed by atoms with Crippen molar-refractivity contribution < 1.29 is 9.53 Å². The van der Waals surface area contributed by atoms with Crippen LogP contribution in [0, 0.1) is 6.92 Å². The molecule has 1 heterocycles. The number of carbonyl (C=O) groups is 1. The summed E-state index contributed by atoms with van der Waals surface area (Å²) in [7, 11) is 1.62. The molecule has 0 aromatic carbocycles. The molecule has 14 heavy (non-hydrogen) atoms. The second-order valence-corrected chi connectivity index (χ2v) is 3.07. The maximum atomic E-state index is 11.3. The number of methoxy groups -OCH3 is 1. The molecule has 1 rings (SSSR count). The van der Waals surface area contributed by atoms with Crippen molar-refractivity contribution in [2.24, 2.45) is 0 Å². The van der Waals surface area contributed by atoms with Crippen LogP contribution in [0.2, 0.25) is 0 Å². The van der Waals surface area contributed by atoms with Crippen molar-refractivity contribution >= 4 is 11.7 Å². The Morgan fingerprint density at radius 1 is 1.71 bits per heavy atom. The van der Waals surface area contributed by atoms with Gasteiger partial charge in [0.25, 0.3) is 0 Å². The molecule has 5 nitrogen and oxygen atoms in total. The zero-order chi connectivity index (χ0) is 10.4. The second kappa shape index (κ2) is 5.39. The maximum Gasteiger partial charge on any atom is 0.225 e. The van der Waals surface area contributed by atoms with E-state index < -0.39 is 0 Å². The van der Waals surface area contributed by atoms with Crippen LogP contribution in [0.1, 0.15) is 18.4 Å². The first-order valence-electron chi connectivity index (χ1n) is 4.53. The Morgan fingerprint density at radius 3 is 3.07 bits per heavy atom. The molecule has 0 atom stereocenters. The highest BCUT2D eigenvalue weighted by Crippen LogP contribution is 2.08. The lowest BCUT2D eigenvalue weighted by atomic mass is 10.3. The summed E-state index contributed by atoms with van der Waals surface area (Å²) < 4.78 is 4.85. The molecule has 1 aromatic rings. The summed E-state index contributed by atoms with van der Waals surface area (Å²) >= 11 is 0. The predicted octanol–water partition coefficient (Wildman–Crippen LogP) is 1.08. The van der Waals surface area contributed by atoms with E-state index in [2.05, 4.69) is 15.5 Å². The summed E-state index contributed by atoms with van der Waals surface area (Å²) in [5.74, 6) is 0.654. The Bertz CT molecular complexity index is 296. The van der Waals surface area contributed by atoms with Gasteiger partial charge in [0.15, 0.2) is 0 Å². The summed E-state index contributed by atoms with van der Waals surface area (Å²) in [6, 6.07) is 0. The van der Waals surface area contributed by atoms with Crippen LogP contribution in [0.4, 0.5) is 5.82 Å². The molecule has 1 amide bonds. The first-order chi connectivity index (χ1) is 6.74. The van der Waals surface area contributed by atoms with Crippen LogP contribution in [0.25, 0.3) is 0 Å². The number of anilines is 1. The van der Waals surface area contributed by atoms with E-state index in [0.29, 0.717) is 18.8 Å². The van der Waals surface area contributed by atoms with Gasteiger partial charge in [-0.15, -0.1) is 0 Å². The third kappa shape index (κ3) is 3.18. The van der Waals surface area contributed by atoms with Crippen molar-refractivity contribution in [3.05, 3.63) is 11.8 Å². The summed E-state index contributed by atoms with van der Waals surface area (Å²) in [5, 5.41) is 9.26.